The first-order valence-electron chi connectivity index (χ1n) is 6.38. The number of hydrogen-bond donors (Lipinski definition) is 2. The number of carbonyl (C=O) groups excluding carboxylic acids is 1. The Morgan fingerprint density at radius 3 is 2.60 bits per heavy atom. The summed E-state index contributed by atoms with van der Waals surface area (Å²) in [5.41, 5.74) is 5.97. The van der Waals surface area contributed by atoms with Crippen molar-refractivity contribution in [1.29, 1.82) is 0 Å². The van der Waals surface area contributed by atoms with Crippen molar-refractivity contribution in [3.63, 3.8) is 0 Å². The van der Waals surface area contributed by atoms with Crippen molar-refractivity contribution in [2.75, 3.05) is 13.1 Å². The lowest BCUT2D eigenvalue weighted by Gasteiger charge is -2.15. The molecule has 1 amide bonds. The van der Waals surface area contributed by atoms with E-state index in [9.17, 15) is 4.79 Å². The molecule has 0 heterocycles. The highest BCUT2D eigenvalue weighted by Crippen LogP contribution is 2.24. The van der Waals surface area contributed by atoms with Crippen molar-refractivity contribution in [1.82, 2.24) is 5.32 Å². The van der Waals surface area contributed by atoms with Crippen LogP contribution in [0.3, 0.4) is 0 Å². The van der Waals surface area contributed by atoms with E-state index in [0.29, 0.717) is 29.4 Å². The van der Waals surface area contributed by atoms with Gasteiger partial charge in [-0.25, -0.2) is 0 Å². The fourth-order valence-corrected chi connectivity index (χ4v) is 1.65. The number of carbonyl (C=O) groups is 1. The average Bonchev–Trinajstić information content (AvgIpc) is 2.37. The van der Waals surface area contributed by atoms with Gasteiger partial charge < -0.3 is 15.8 Å². The van der Waals surface area contributed by atoms with Crippen molar-refractivity contribution in [2.45, 2.75) is 26.9 Å². The van der Waals surface area contributed by atoms with Crippen LogP contribution in [0, 0.1) is 5.92 Å². The number of rotatable bonds is 6. The largest absolute Gasteiger partial charge is 0.490 e. The van der Waals surface area contributed by atoms with Crippen molar-refractivity contribution in [2.24, 2.45) is 11.7 Å². The maximum Gasteiger partial charge on any atom is 0.255 e. The Kier molecular flexibility index (Phi) is 8.62. The minimum absolute atomic E-state index is 0. The normalized spacial score (nSPS) is 11.7. The van der Waals surface area contributed by atoms with E-state index >= 15 is 0 Å². The molecule has 0 aliphatic rings. The second-order valence-corrected chi connectivity index (χ2v) is 5.29. The lowest BCUT2D eigenvalue weighted by atomic mass is 10.1. The number of nitrogens with one attached hydrogen (secondary N) is 1. The monoisotopic (exact) mass is 320 g/mol. The molecule has 0 saturated heterocycles. The molecule has 6 heteroatoms. The average molecular weight is 321 g/mol. The van der Waals surface area contributed by atoms with Crippen LogP contribution in [-0.2, 0) is 0 Å². The molecule has 114 valence electrons. The van der Waals surface area contributed by atoms with Gasteiger partial charge in [-0.1, -0.05) is 18.5 Å². The summed E-state index contributed by atoms with van der Waals surface area (Å²) in [4.78, 5) is 12.1. The molecular formula is C14H22Cl2N2O2. The molecule has 1 rings (SSSR count). The Labute approximate surface area is 131 Å². The number of halogens is 2. The number of ether oxygens (including phenoxy) is 1. The van der Waals surface area contributed by atoms with Gasteiger partial charge in [0.05, 0.1) is 11.7 Å². The Balaban J connectivity index is 0.00000361. The van der Waals surface area contributed by atoms with E-state index in [4.69, 9.17) is 22.1 Å². The Morgan fingerprint density at radius 1 is 1.40 bits per heavy atom. The third kappa shape index (κ3) is 5.99. The van der Waals surface area contributed by atoms with Crippen LogP contribution in [0.2, 0.25) is 5.02 Å². The first-order valence-corrected chi connectivity index (χ1v) is 6.76. The summed E-state index contributed by atoms with van der Waals surface area (Å²) < 4.78 is 5.61. The second kappa shape index (κ2) is 9.06. The minimum Gasteiger partial charge on any atom is -0.490 e. The highest BCUT2D eigenvalue weighted by Gasteiger charge is 2.14. The van der Waals surface area contributed by atoms with Crippen molar-refractivity contribution in [3.05, 3.63) is 28.8 Å². The molecule has 0 saturated carbocycles. The molecule has 0 aromatic heterocycles. The summed E-state index contributed by atoms with van der Waals surface area (Å²) >= 11 is 5.93. The quantitative estimate of drug-likeness (QED) is 0.847. The topological polar surface area (TPSA) is 64.3 Å². The van der Waals surface area contributed by atoms with Crippen LogP contribution < -0.4 is 15.8 Å². The van der Waals surface area contributed by atoms with E-state index in [1.54, 1.807) is 18.2 Å². The van der Waals surface area contributed by atoms with Crippen LogP contribution in [0.15, 0.2) is 18.2 Å². The van der Waals surface area contributed by atoms with Gasteiger partial charge in [-0.3, -0.25) is 4.79 Å². The smallest absolute Gasteiger partial charge is 0.255 e. The van der Waals surface area contributed by atoms with E-state index in [-0.39, 0.29) is 30.3 Å². The van der Waals surface area contributed by atoms with Crippen LogP contribution in [0.25, 0.3) is 0 Å². The molecule has 3 N–H and O–H groups in total. The zero-order chi connectivity index (χ0) is 14.4. The first kappa shape index (κ1) is 19.0. The summed E-state index contributed by atoms with van der Waals surface area (Å²) in [6, 6.07) is 5.03. The van der Waals surface area contributed by atoms with E-state index in [1.807, 2.05) is 20.8 Å². The predicted molar refractivity (Wildman–Crippen MR) is 85.0 cm³/mol. The summed E-state index contributed by atoms with van der Waals surface area (Å²) in [6.07, 6.45) is -0.00399. The zero-order valence-electron chi connectivity index (χ0n) is 12.0. The highest BCUT2D eigenvalue weighted by atomic mass is 35.5. The van der Waals surface area contributed by atoms with E-state index in [2.05, 4.69) is 5.32 Å². The van der Waals surface area contributed by atoms with Gasteiger partial charge in [0.1, 0.15) is 5.75 Å². The maximum absolute atomic E-state index is 12.1. The standard InChI is InChI=1S/C14H21ClN2O2.ClH/c1-9(2)19-13-5-4-11(15)6-12(13)14(18)17-8-10(3)7-16;/h4-6,9-10H,7-8,16H2,1-3H3,(H,17,18);1H. The van der Waals surface area contributed by atoms with Crippen molar-refractivity contribution in [3.8, 4) is 5.75 Å². The molecule has 0 radical (unpaired) electrons. The SMILES string of the molecule is CC(CN)CNC(=O)c1cc(Cl)ccc1OC(C)C.Cl. The number of hydrogen-bond acceptors (Lipinski definition) is 3. The van der Waals surface area contributed by atoms with Crippen LogP contribution in [0.4, 0.5) is 0 Å². The molecule has 1 aromatic carbocycles. The Bertz CT molecular complexity index is 439. The van der Waals surface area contributed by atoms with E-state index in [1.165, 1.54) is 0 Å². The molecule has 20 heavy (non-hydrogen) atoms. The maximum atomic E-state index is 12.1. The fourth-order valence-electron chi connectivity index (χ4n) is 1.48. The van der Waals surface area contributed by atoms with Crippen LogP contribution in [-0.4, -0.2) is 25.1 Å². The van der Waals surface area contributed by atoms with Gasteiger partial charge in [-0.15, -0.1) is 12.4 Å². The van der Waals surface area contributed by atoms with Gasteiger partial charge in [0, 0.05) is 11.6 Å². The highest BCUT2D eigenvalue weighted by molar-refractivity contribution is 6.31. The molecule has 0 bridgehead atoms. The summed E-state index contributed by atoms with van der Waals surface area (Å²) in [6.45, 7) is 6.86. The number of benzene rings is 1. The first-order chi connectivity index (χ1) is 8.93. The fraction of sp³-hybridized carbons (Fsp3) is 0.500. The van der Waals surface area contributed by atoms with Crippen LogP contribution in [0.5, 0.6) is 5.75 Å². The van der Waals surface area contributed by atoms with Gasteiger partial charge in [-0.05, 0) is 44.5 Å². The van der Waals surface area contributed by atoms with Crippen LogP contribution in [0.1, 0.15) is 31.1 Å². The third-order valence-electron chi connectivity index (χ3n) is 2.56. The molecule has 0 aliphatic carbocycles. The van der Waals surface area contributed by atoms with Gasteiger partial charge >= 0.3 is 0 Å². The molecule has 4 nitrogen and oxygen atoms in total. The van der Waals surface area contributed by atoms with Gasteiger partial charge in [0.2, 0.25) is 0 Å². The molecular weight excluding hydrogens is 299 g/mol. The van der Waals surface area contributed by atoms with Crippen molar-refractivity contribution >= 4 is 29.9 Å². The van der Waals surface area contributed by atoms with E-state index in [0.717, 1.165) is 0 Å². The Morgan fingerprint density at radius 2 is 2.05 bits per heavy atom. The molecule has 0 fully saturated rings. The van der Waals surface area contributed by atoms with Gasteiger partial charge in [-0.2, -0.15) is 0 Å². The second-order valence-electron chi connectivity index (χ2n) is 4.86. The molecule has 0 spiro atoms. The summed E-state index contributed by atoms with van der Waals surface area (Å²) in [7, 11) is 0. The lowest BCUT2D eigenvalue weighted by molar-refractivity contribution is 0.0942. The summed E-state index contributed by atoms with van der Waals surface area (Å²) in [5, 5.41) is 3.34. The van der Waals surface area contributed by atoms with Crippen LogP contribution >= 0.6 is 24.0 Å². The zero-order valence-corrected chi connectivity index (χ0v) is 13.6. The van der Waals surface area contributed by atoms with Gasteiger partial charge in [0.15, 0.2) is 0 Å². The van der Waals surface area contributed by atoms with E-state index < -0.39 is 0 Å². The lowest BCUT2D eigenvalue weighted by Crippen LogP contribution is -2.31. The molecule has 1 atom stereocenters. The molecule has 1 aromatic rings. The predicted octanol–water partition coefficient (Wildman–Crippen LogP) is 2.87. The number of nitrogens with two attached hydrogens (primary N) is 1. The Hall–Kier alpha value is -0.970. The van der Waals surface area contributed by atoms with Crippen molar-refractivity contribution < 1.29 is 9.53 Å². The third-order valence-corrected chi connectivity index (χ3v) is 2.80. The minimum atomic E-state index is -0.196. The van der Waals surface area contributed by atoms with Gasteiger partial charge in [0.25, 0.3) is 5.91 Å². The summed E-state index contributed by atoms with van der Waals surface area (Å²) in [5.74, 6) is 0.577. The molecule has 1 unspecified atom stereocenters. The molecule has 0 aliphatic heterocycles. The number of amides is 1.